The van der Waals surface area contributed by atoms with Gasteiger partial charge in [-0.1, -0.05) is 6.92 Å². The Morgan fingerprint density at radius 2 is 1.36 bits per heavy atom. The molecule has 0 fully saturated rings. The zero-order valence-electron chi connectivity index (χ0n) is 12.5. The second-order valence-corrected chi connectivity index (χ2v) is 6.15. The summed E-state index contributed by atoms with van der Waals surface area (Å²) in [7, 11) is -3.40. The number of rotatable bonds is 6. The van der Waals surface area contributed by atoms with Crippen molar-refractivity contribution in [2.24, 2.45) is 0 Å². The fraction of sp³-hybridized carbons (Fsp3) is 0.143. The van der Waals surface area contributed by atoms with Gasteiger partial charge in [0.25, 0.3) is 0 Å². The first-order valence-corrected chi connectivity index (χ1v) is 8.14. The summed E-state index contributed by atoms with van der Waals surface area (Å²) in [5, 5.41) is 0. The Balaban J connectivity index is 2.37. The zero-order valence-corrected chi connectivity index (χ0v) is 13.3. The molecular weight excluding hydrogens is 370 g/mol. The average molecular weight is 379 g/mol. The predicted molar refractivity (Wildman–Crippen MR) is 77.4 cm³/mol. The molecule has 0 aliphatic rings. The highest BCUT2D eigenvalue weighted by atomic mass is 32.2. The molecule has 0 amide bonds. The molecule has 0 aromatic heterocycles. The van der Waals surface area contributed by atoms with Crippen LogP contribution in [0.4, 0.5) is 22.0 Å². The van der Waals surface area contributed by atoms with Gasteiger partial charge < -0.3 is 8.84 Å². The summed E-state index contributed by atoms with van der Waals surface area (Å²) in [6, 6.07) is 4.42. The first-order valence-electron chi connectivity index (χ1n) is 6.73. The van der Waals surface area contributed by atoms with Crippen molar-refractivity contribution in [1.82, 2.24) is 0 Å². The number of benzene rings is 2. The van der Waals surface area contributed by atoms with Gasteiger partial charge in [-0.15, -0.1) is 0 Å². The molecule has 2 aromatic carbocycles. The Morgan fingerprint density at radius 1 is 0.880 bits per heavy atom. The Bertz CT molecular complexity index is 858. The van der Waals surface area contributed by atoms with Crippen LogP contribution in [0.5, 0.6) is 11.5 Å². The highest BCUT2D eigenvalue weighted by molar-refractivity contribution is 7.87. The molecule has 0 aliphatic carbocycles. The van der Waals surface area contributed by atoms with Crippen LogP contribution in [0.3, 0.4) is 0 Å². The topological polar surface area (TPSA) is 52.6 Å². The smallest absolute Gasteiger partial charge is 0.369 e. The van der Waals surface area contributed by atoms with Crippen molar-refractivity contribution in [2.75, 3.05) is 0 Å². The predicted octanol–water partition coefficient (Wildman–Crippen LogP) is 3.59. The molecule has 133 valence electrons. The third-order valence-corrected chi connectivity index (χ3v) is 4.10. The first kappa shape index (κ1) is 19.0. The van der Waals surface area contributed by atoms with Crippen molar-refractivity contribution in [3.05, 3.63) is 53.4 Å². The minimum Gasteiger partial charge on any atom is -0.563 e. The average Bonchev–Trinajstić information content (AvgIpc) is 2.60. The van der Waals surface area contributed by atoms with E-state index in [9.17, 15) is 30.4 Å². The normalized spacial score (nSPS) is 11.3. The monoisotopic (exact) mass is 379 g/mol. The van der Waals surface area contributed by atoms with Gasteiger partial charge in [-0.3, -0.25) is 0 Å². The van der Waals surface area contributed by atoms with Gasteiger partial charge in [0, 0.05) is 0 Å². The molecule has 2 aromatic rings. The van der Waals surface area contributed by atoms with E-state index in [0.29, 0.717) is 6.32 Å². The van der Waals surface area contributed by atoms with Crippen LogP contribution in [-0.2, 0) is 10.1 Å². The summed E-state index contributed by atoms with van der Waals surface area (Å²) >= 11 is 0. The van der Waals surface area contributed by atoms with Crippen molar-refractivity contribution in [2.45, 2.75) is 18.1 Å². The number of hydrogen-bond donors (Lipinski definition) is 0. The molecule has 25 heavy (non-hydrogen) atoms. The largest absolute Gasteiger partial charge is 0.563 e. The van der Waals surface area contributed by atoms with Gasteiger partial charge in [-0.25, -0.2) is 13.2 Å². The lowest BCUT2D eigenvalue weighted by Gasteiger charge is -2.11. The van der Waals surface area contributed by atoms with E-state index in [1.807, 2.05) is 0 Å². The Kier molecular flexibility index (Phi) is 5.56. The van der Waals surface area contributed by atoms with E-state index in [4.69, 9.17) is 4.65 Å². The summed E-state index contributed by atoms with van der Waals surface area (Å²) in [6.07, 6.45) is 0.587. The maximum atomic E-state index is 13.5. The molecule has 0 saturated carbocycles. The molecule has 0 N–H and O–H groups in total. The molecule has 11 heteroatoms. The second kappa shape index (κ2) is 7.30. The maximum absolute atomic E-state index is 13.5. The van der Waals surface area contributed by atoms with Gasteiger partial charge in [0.2, 0.25) is 34.8 Å². The van der Waals surface area contributed by atoms with Crippen LogP contribution >= 0.6 is 0 Å². The van der Waals surface area contributed by atoms with E-state index in [1.165, 1.54) is 19.6 Å². The van der Waals surface area contributed by atoms with E-state index in [2.05, 4.69) is 4.18 Å². The van der Waals surface area contributed by atoms with Crippen LogP contribution in [0.2, 0.25) is 6.32 Å². The summed E-state index contributed by atoms with van der Waals surface area (Å²) in [4.78, 5) is -0.569. The van der Waals surface area contributed by atoms with Crippen molar-refractivity contribution in [1.29, 1.82) is 0 Å². The quantitative estimate of drug-likeness (QED) is 0.253. The maximum Gasteiger partial charge on any atom is 0.369 e. The molecule has 0 unspecified atom stereocenters. The van der Waals surface area contributed by atoms with Crippen molar-refractivity contribution < 1.29 is 39.2 Å². The van der Waals surface area contributed by atoms with Gasteiger partial charge in [0.15, 0.2) is 0 Å². The first-order chi connectivity index (χ1) is 11.7. The summed E-state index contributed by atoms with van der Waals surface area (Å²) in [6.45, 7) is 1.80. The third kappa shape index (κ3) is 3.86. The standard InChI is InChI=1S/C14H9BF5O4S/c1-2-15-23-7-3-5-8(6-4-7)25(21,22)24-14-12(19)10(17)9(16)11(18)13(14)20/h3-6H,2H2,1H3. The fourth-order valence-corrected chi connectivity index (χ4v) is 2.61. The second-order valence-electron chi connectivity index (χ2n) is 4.60. The van der Waals surface area contributed by atoms with E-state index in [0.717, 1.165) is 12.1 Å². The minimum atomic E-state index is -4.84. The van der Waals surface area contributed by atoms with Crippen molar-refractivity contribution >= 4 is 17.6 Å². The Morgan fingerprint density at radius 3 is 1.84 bits per heavy atom. The third-order valence-electron chi connectivity index (χ3n) is 2.86. The molecule has 0 aliphatic heterocycles. The van der Waals surface area contributed by atoms with Crippen LogP contribution in [0, 0.1) is 29.1 Å². The Labute approximate surface area is 140 Å². The summed E-state index contributed by atoms with van der Waals surface area (Å²) < 4.78 is 99.4. The number of hydrogen-bond acceptors (Lipinski definition) is 4. The molecule has 0 heterocycles. The number of halogens is 5. The van der Waals surface area contributed by atoms with Crippen LogP contribution < -0.4 is 8.84 Å². The van der Waals surface area contributed by atoms with Crippen molar-refractivity contribution in [3.8, 4) is 11.5 Å². The van der Waals surface area contributed by atoms with Gasteiger partial charge in [0.05, 0.1) is 5.75 Å². The molecule has 2 rings (SSSR count). The molecule has 0 atom stereocenters. The van der Waals surface area contributed by atoms with Gasteiger partial charge in [-0.05, 0) is 30.6 Å². The van der Waals surface area contributed by atoms with Gasteiger partial charge >= 0.3 is 17.6 Å². The van der Waals surface area contributed by atoms with Crippen LogP contribution in [0.25, 0.3) is 0 Å². The summed E-state index contributed by atoms with van der Waals surface area (Å²) in [5.41, 5.74) is 0. The lowest BCUT2D eigenvalue weighted by Crippen LogP contribution is -2.14. The summed E-state index contributed by atoms with van der Waals surface area (Å²) in [5.74, 6) is -13.5. The highest BCUT2D eigenvalue weighted by Crippen LogP contribution is 2.31. The lowest BCUT2D eigenvalue weighted by molar-refractivity contribution is 0.346. The van der Waals surface area contributed by atoms with E-state index in [1.54, 1.807) is 6.92 Å². The van der Waals surface area contributed by atoms with E-state index < -0.39 is 49.8 Å². The van der Waals surface area contributed by atoms with E-state index in [-0.39, 0.29) is 5.75 Å². The SMILES string of the molecule is CC[B]Oc1ccc(S(=O)(=O)Oc2c(F)c(F)c(F)c(F)c2F)cc1. The van der Waals surface area contributed by atoms with Crippen molar-refractivity contribution in [3.63, 3.8) is 0 Å². The Hall–Kier alpha value is -2.30. The molecule has 0 spiro atoms. The molecular formula is C14H9BF5O4S. The minimum absolute atomic E-state index is 0.275. The molecule has 0 bridgehead atoms. The molecule has 0 saturated heterocycles. The highest BCUT2D eigenvalue weighted by Gasteiger charge is 2.30. The van der Waals surface area contributed by atoms with Crippen LogP contribution in [0.1, 0.15) is 6.92 Å². The molecule has 4 nitrogen and oxygen atoms in total. The zero-order chi connectivity index (χ0) is 18.8. The van der Waals surface area contributed by atoms with Gasteiger partial charge in [0.1, 0.15) is 4.90 Å². The molecule has 1 radical (unpaired) electrons. The van der Waals surface area contributed by atoms with E-state index >= 15 is 0 Å². The lowest BCUT2D eigenvalue weighted by atomic mass is 9.97. The van der Waals surface area contributed by atoms with Crippen LogP contribution in [0.15, 0.2) is 29.2 Å². The van der Waals surface area contributed by atoms with Gasteiger partial charge in [-0.2, -0.15) is 17.2 Å². The van der Waals surface area contributed by atoms with Crippen LogP contribution in [-0.4, -0.2) is 15.9 Å². The fourth-order valence-electron chi connectivity index (χ4n) is 1.68.